The second-order valence-corrected chi connectivity index (χ2v) is 6.83. The molecule has 2 rings (SSSR count). The lowest BCUT2D eigenvalue weighted by molar-refractivity contribution is 0.0919. The van der Waals surface area contributed by atoms with Gasteiger partial charge in [-0.25, -0.2) is 0 Å². The third-order valence-corrected chi connectivity index (χ3v) is 4.31. The third kappa shape index (κ3) is 6.15. The predicted molar refractivity (Wildman–Crippen MR) is 110 cm³/mol. The lowest BCUT2D eigenvalue weighted by Crippen LogP contribution is -2.39. The fourth-order valence-electron chi connectivity index (χ4n) is 2.36. The number of hydrogen-bond donors (Lipinski definition) is 2. The first-order chi connectivity index (χ1) is 13.1. The van der Waals surface area contributed by atoms with Crippen molar-refractivity contribution in [3.05, 3.63) is 78.0 Å². The molecule has 0 bridgehead atoms. The normalized spacial score (nSPS) is 11.0. The van der Waals surface area contributed by atoms with Crippen molar-refractivity contribution in [3.63, 3.8) is 0 Å². The van der Waals surface area contributed by atoms with Gasteiger partial charge >= 0.3 is 0 Å². The zero-order valence-electron chi connectivity index (χ0n) is 14.2. The van der Waals surface area contributed by atoms with Gasteiger partial charge in [-0.1, -0.05) is 34.5 Å². The summed E-state index contributed by atoms with van der Waals surface area (Å²) in [6.45, 7) is -0.0686. The number of aliphatic hydroxyl groups is 1. The lowest BCUT2D eigenvalue weighted by Gasteiger charge is -2.14. The van der Waals surface area contributed by atoms with Crippen LogP contribution in [0.25, 0.3) is 32.0 Å². The fourth-order valence-corrected chi connectivity index (χ4v) is 3.03. The van der Waals surface area contributed by atoms with E-state index < -0.39 is 6.04 Å². The first-order valence-electron chi connectivity index (χ1n) is 7.90. The average Bonchev–Trinajstić information content (AvgIpc) is 2.69. The van der Waals surface area contributed by atoms with Crippen LogP contribution in [0.1, 0.15) is 15.9 Å². The van der Waals surface area contributed by atoms with E-state index in [1.807, 2.05) is 30.3 Å². The van der Waals surface area contributed by atoms with Crippen molar-refractivity contribution in [2.75, 3.05) is 13.2 Å². The highest BCUT2D eigenvalue weighted by Gasteiger charge is 2.14. The second kappa shape index (κ2) is 10.4. The molecular weight excluding hydrogens is 461 g/mol. The molecule has 0 saturated carbocycles. The number of benzene rings is 2. The van der Waals surface area contributed by atoms with Crippen LogP contribution in [-0.4, -0.2) is 30.2 Å². The van der Waals surface area contributed by atoms with Crippen molar-refractivity contribution in [2.24, 2.45) is 10.2 Å². The molecule has 1 atom stereocenters. The first kappa shape index (κ1) is 20.5. The van der Waals surface area contributed by atoms with E-state index >= 15 is 0 Å². The number of halogens is 1. The van der Waals surface area contributed by atoms with Crippen molar-refractivity contribution in [1.29, 1.82) is 0 Å². The number of azide groups is 2. The summed E-state index contributed by atoms with van der Waals surface area (Å²) >= 11 is 2.13. The SMILES string of the molecule is [N-]=[N+]=NCc1ccc(-c2cc(I)cc(C(=O)NC(CO)CN=[N+]=[N-])c2)cc1. The molecule has 0 fully saturated rings. The molecule has 9 nitrogen and oxygen atoms in total. The van der Waals surface area contributed by atoms with Crippen molar-refractivity contribution in [3.8, 4) is 11.1 Å². The summed E-state index contributed by atoms with van der Waals surface area (Å²) in [5.41, 5.74) is 19.9. The molecule has 0 spiro atoms. The number of carbonyl (C=O) groups excluding carboxylic acids is 1. The lowest BCUT2D eigenvalue weighted by atomic mass is 10.0. The van der Waals surface area contributed by atoms with Crippen molar-refractivity contribution in [2.45, 2.75) is 12.6 Å². The monoisotopic (exact) mass is 477 g/mol. The summed E-state index contributed by atoms with van der Waals surface area (Å²) in [6.07, 6.45) is 0. The molecule has 138 valence electrons. The maximum absolute atomic E-state index is 12.5. The van der Waals surface area contributed by atoms with Crippen LogP contribution in [0.3, 0.4) is 0 Å². The van der Waals surface area contributed by atoms with Gasteiger partial charge in [0.25, 0.3) is 5.91 Å². The van der Waals surface area contributed by atoms with E-state index in [1.165, 1.54) is 0 Å². The molecule has 10 heteroatoms. The van der Waals surface area contributed by atoms with Crippen molar-refractivity contribution >= 4 is 28.5 Å². The van der Waals surface area contributed by atoms with Gasteiger partial charge in [0.15, 0.2) is 0 Å². The summed E-state index contributed by atoms with van der Waals surface area (Å²) in [6, 6.07) is 12.3. The molecule has 0 saturated heterocycles. The number of amides is 1. The zero-order valence-corrected chi connectivity index (χ0v) is 16.3. The molecule has 2 N–H and O–H groups in total. The van der Waals surface area contributed by atoms with E-state index in [2.05, 4.69) is 48.0 Å². The van der Waals surface area contributed by atoms with Crippen molar-refractivity contribution < 1.29 is 9.90 Å². The van der Waals surface area contributed by atoms with Gasteiger partial charge in [-0.3, -0.25) is 4.79 Å². The molecule has 0 aliphatic rings. The Morgan fingerprint density at radius 3 is 2.44 bits per heavy atom. The highest BCUT2D eigenvalue weighted by Crippen LogP contribution is 2.24. The molecule has 0 aliphatic carbocycles. The topological polar surface area (TPSA) is 147 Å². The standard InChI is InChI=1S/C17H16IN7O2/c18-15-6-13(12-3-1-11(2-4-12)8-21-24-19)5-14(7-15)17(27)23-16(10-26)9-22-25-20/h1-7,16,26H,8-10H2,(H,23,27). The molecule has 0 radical (unpaired) electrons. The minimum Gasteiger partial charge on any atom is -0.394 e. The molecular formula is C17H16IN7O2. The predicted octanol–water partition coefficient (Wildman–Crippen LogP) is 4.17. The van der Waals surface area contributed by atoms with Crippen LogP contribution in [0, 0.1) is 3.57 Å². The Hall–Kier alpha value is -2.78. The van der Waals surface area contributed by atoms with Gasteiger partial charge in [-0.2, -0.15) is 0 Å². The summed E-state index contributed by atoms with van der Waals surface area (Å²) in [5, 5.41) is 18.9. The van der Waals surface area contributed by atoms with Gasteiger partial charge in [0.1, 0.15) is 0 Å². The summed E-state index contributed by atoms with van der Waals surface area (Å²) < 4.78 is 0.879. The highest BCUT2D eigenvalue weighted by molar-refractivity contribution is 14.1. The van der Waals surface area contributed by atoms with Gasteiger partial charge < -0.3 is 10.4 Å². The third-order valence-electron chi connectivity index (χ3n) is 3.68. The molecule has 0 aromatic heterocycles. The Kier molecular flexibility index (Phi) is 7.90. The first-order valence-corrected chi connectivity index (χ1v) is 8.98. The number of hydrogen-bond acceptors (Lipinski definition) is 4. The molecule has 0 aliphatic heterocycles. The van der Waals surface area contributed by atoms with Crippen LogP contribution in [0.4, 0.5) is 0 Å². The van der Waals surface area contributed by atoms with Crippen molar-refractivity contribution in [1.82, 2.24) is 5.32 Å². The number of nitrogens with zero attached hydrogens (tertiary/aromatic N) is 6. The maximum atomic E-state index is 12.5. The smallest absolute Gasteiger partial charge is 0.251 e. The van der Waals surface area contributed by atoms with Crippen LogP contribution >= 0.6 is 22.6 Å². The molecule has 27 heavy (non-hydrogen) atoms. The average molecular weight is 477 g/mol. The van der Waals surface area contributed by atoms with E-state index in [0.29, 0.717) is 5.56 Å². The van der Waals surface area contributed by atoms with Gasteiger partial charge in [-0.15, -0.1) is 0 Å². The van der Waals surface area contributed by atoms with E-state index in [9.17, 15) is 9.90 Å². The van der Waals surface area contributed by atoms with E-state index in [4.69, 9.17) is 11.1 Å². The second-order valence-electron chi connectivity index (χ2n) is 5.58. The zero-order chi connectivity index (χ0) is 19.6. The van der Waals surface area contributed by atoms with Crippen LogP contribution in [0.15, 0.2) is 52.7 Å². The Morgan fingerprint density at radius 1 is 1.11 bits per heavy atom. The van der Waals surface area contributed by atoms with Crippen LogP contribution < -0.4 is 5.32 Å². The summed E-state index contributed by atoms with van der Waals surface area (Å²) in [4.78, 5) is 17.8. The summed E-state index contributed by atoms with van der Waals surface area (Å²) in [5.74, 6) is -0.359. The van der Waals surface area contributed by atoms with Crippen LogP contribution in [0.5, 0.6) is 0 Å². The van der Waals surface area contributed by atoms with E-state index in [1.54, 1.807) is 12.1 Å². The fraction of sp³-hybridized carbons (Fsp3) is 0.235. The Morgan fingerprint density at radius 2 is 1.81 bits per heavy atom. The Bertz CT molecular complexity index is 904. The molecule has 0 heterocycles. The van der Waals surface area contributed by atoms with Gasteiger partial charge in [0.2, 0.25) is 0 Å². The van der Waals surface area contributed by atoms with Gasteiger partial charge in [-0.05, 0) is 68.5 Å². The van der Waals surface area contributed by atoms with Crippen LogP contribution in [0.2, 0.25) is 0 Å². The minimum atomic E-state index is -0.644. The minimum absolute atomic E-state index is 0.0256. The maximum Gasteiger partial charge on any atom is 0.251 e. The summed E-state index contributed by atoms with van der Waals surface area (Å²) in [7, 11) is 0. The number of carbonyl (C=O) groups is 1. The van der Waals surface area contributed by atoms with E-state index in [0.717, 1.165) is 20.3 Å². The number of nitrogens with one attached hydrogen (secondary N) is 1. The Labute approximate surface area is 168 Å². The Balaban J connectivity index is 2.23. The molecule has 1 unspecified atom stereocenters. The number of aliphatic hydroxyl groups excluding tert-OH is 1. The van der Waals surface area contributed by atoms with Crippen LogP contribution in [-0.2, 0) is 6.54 Å². The van der Waals surface area contributed by atoms with E-state index in [-0.39, 0.29) is 25.6 Å². The quantitative estimate of drug-likeness (QED) is 0.254. The van der Waals surface area contributed by atoms with Gasteiger partial charge in [0.05, 0.1) is 19.2 Å². The molecule has 2 aromatic rings. The highest BCUT2D eigenvalue weighted by atomic mass is 127. The van der Waals surface area contributed by atoms with Gasteiger partial charge in [0, 0.05) is 25.5 Å². The molecule has 2 aromatic carbocycles. The number of rotatable bonds is 8. The molecule has 1 amide bonds. The largest absolute Gasteiger partial charge is 0.394 e.